The van der Waals surface area contributed by atoms with Gasteiger partial charge in [-0.05, 0) is 43.7 Å². The largest absolute Gasteiger partial charge is 0.481 e. The first-order valence-electron chi connectivity index (χ1n) is 12.0. The zero-order chi connectivity index (χ0) is 26.8. The third kappa shape index (κ3) is 5.34. The number of thiazole rings is 1. The van der Waals surface area contributed by atoms with Crippen LogP contribution in [0.25, 0.3) is 0 Å². The fourth-order valence-corrected chi connectivity index (χ4v) is 5.85. The molecule has 1 fully saturated rings. The molecule has 3 aromatic rings. The minimum atomic E-state index is -0.965. The van der Waals surface area contributed by atoms with E-state index in [0.717, 1.165) is 12.8 Å². The van der Waals surface area contributed by atoms with Crippen molar-refractivity contribution in [3.63, 3.8) is 0 Å². The van der Waals surface area contributed by atoms with E-state index in [0.29, 0.717) is 52.1 Å². The molecule has 198 valence electrons. The van der Waals surface area contributed by atoms with Crippen LogP contribution in [0.2, 0.25) is 5.02 Å². The summed E-state index contributed by atoms with van der Waals surface area (Å²) >= 11 is 7.83. The second kappa shape index (κ2) is 11.0. The summed E-state index contributed by atoms with van der Waals surface area (Å²) in [6, 6.07) is 3.21. The molecule has 0 radical (unpaired) electrons. The molecule has 1 atom stereocenters. The molecule has 1 saturated carbocycles. The highest BCUT2D eigenvalue weighted by atomic mass is 35.5. The maximum Gasteiger partial charge on any atom is 0.338 e. The summed E-state index contributed by atoms with van der Waals surface area (Å²) in [5.41, 5.74) is 1.88. The Kier molecular flexibility index (Phi) is 7.57. The highest BCUT2D eigenvalue weighted by molar-refractivity contribution is 7.11. The number of oxazole rings is 1. The Bertz CT molecular complexity index is 1410. The van der Waals surface area contributed by atoms with Crippen molar-refractivity contribution >= 4 is 40.7 Å². The average Bonchev–Trinajstić information content (AvgIpc) is 3.60. The van der Waals surface area contributed by atoms with Crippen LogP contribution in [-0.2, 0) is 20.7 Å². The van der Waals surface area contributed by atoms with Gasteiger partial charge in [-0.1, -0.05) is 17.7 Å². The number of rotatable bonds is 7. The second-order valence-corrected chi connectivity index (χ2v) is 10.4. The van der Waals surface area contributed by atoms with Gasteiger partial charge in [-0.3, -0.25) is 9.79 Å². The molecule has 9 nitrogen and oxygen atoms in total. The molecule has 1 aliphatic heterocycles. The van der Waals surface area contributed by atoms with E-state index in [-0.39, 0.29) is 23.3 Å². The van der Waals surface area contributed by atoms with Gasteiger partial charge in [0.1, 0.15) is 18.1 Å². The first kappa shape index (κ1) is 26.1. The van der Waals surface area contributed by atoms with Crippen molar-refractivity contribution in [1.82, 2.24) is 15.3 Å². The SMILES string of the molecule is COC(=O)C1=C(C2CCC(c3nc(CC(=O)O)co3)CC2)NC(c2nccs2)=NC1c1ccc(F)cc1Cl. The van der Waals surface area contributed by atoms with Gasteiger partial charge < -0.3 is 19.6 Å². The van der Waals surface area contributed by atoms with Gasteiger partial charge in [-0.15, -0.1) is 11.3 Å². The van der Waals surface area contributed by atoms with Gasteiger partial charge in [0.25, 0.3) is 0 Å². The number of ether oxygens (including phenoxy) is 1. The molecule has 5 rings (SSSR count). The lowest BCUT2D eigenvalue weighted by Gasteiger charge is -2.34. The molecule has 1 unspecified atom stereocenters. The molecule has 0 spiro atoms. The Balaban J connectivity index is 1.48. The van der Waals surface area contributed by atoms with E-state index in [4.69, 9.17) is 30.9 Å². The normalized spacial score (nSPS) is 21.6. The number of aromatic nitrogens is 2. The minimum Gasteiger partial charge on any atom is -0.481 e. The Hall–Kier alpha value is -3.57. The lowest BCUT2D eigenvalue weighted by molar-refractivity contribution is -0.137. The van der Waals surface area contributed by atoms with E-state index in [2.05, 4.69) is 15.3 Å². The Morgan fingerprint density at radius 3 is 2.68 bits per heavy atom. The summed E-state index contributed by atoms with van der Waals surface area (Å²) in [4.78, 5) is 37.7. The van der Waals surface area contributed by atoms with Gasteiger partial charge in [0.15, 0.2) is 16.7 Å². The topological polar surface area (TPSA) is 127 Å². The van der Waals surface area contributed by atoms with Gasteiger partial charge in [0.2, 0.25) is 0 Å². The molecular formula is C26H24ClFN4O5S. The van der Waals surface area contributed by atoms with Crippen LogP contribution in [0.4, 0.5) is 4.39 Å². The van der Waals surface area contributed by atoms with Crippen LogP contribution < -0.4 is 5.32 Å². The first-order valence-corrected chi connectivity index (χ1v) is 13.3. The molecule has 12 heteroatoms. The number of amidine groups is 1. The molecule has 1 aromatic carbocycles. The van der Waals surface area contributed by atoms with E-state index in [1.807, 2.05) is 5.38 Å². The van der Waals surface area contributed by atoms with Crippen molar-refractivity contribution in [1.29, 1.82) is 0 Å². The number of hydrogen-bond acceptors (Lipinski definition) is 9. The Morgan fingerprint density at radius 2 is 2.03 bits per heavy atom. The summed E-state index contributed by atoms with van der Waals surface area (Å²) < 4.78 is 24.6. The van der Waals surface area contributed by atoms with E-state index < -0.39 is 23.8 Å². The van der Waals surface area contributed by atoms with E-state index in [9.17, 15) is 14.0 Å². The summed E-state index contributed by atoms with van der Waals surface area (Å²) in [6.45, 7) is 0. The number of carbonyl (C=O) groups excluding carboxylic acids is 1. The summed E-state index contributed by atoms with van der Waals surface area (Å²) in [6.07, 6.45) is 5.74. The van der Waals surface area contributed by atoms with Crippen molar-refractivity contribution in [2.45, 2.75) is 44.1 Å². The number of nitrogens with zero attached hydrogens (tertiary/aromatic N) is 3. The van der Waals surface area contributed by atoms with Crippen LogP contribution in [0.1, 0.15) is 59.8 Å². The van der Waals surface area contributed by atoms with Gasteiger partial charge in [0, 0.05) is 33.8 Å². The monoisotopic (exact) mass is 558 g/mol. The molecule has 38 heavy (non-hydrogen) atoms. The Morgan fingerprint density at radius 1 is 1.26 bits per heavy atom. The lowest BCUT2D eigenvalue weighted by Crippen LogP contribution is -2.37. The number of nitrogens with one attached hydrogen (secondary N) is 1. The smallest absolute Gasteiger partial charge is 0.338 e. The fourth-order valence-electron chi connectivity index (χ4n) is 4.99. The third-order valence-corrected chi connectivity index (χ3v) is 7.87. The Labute approximate surface area is 226 Å². The molecule has 2 aromatic heterocycles. The van der Waals surface area contributed by atoms with Crippen molar-refractivity contribution in [3.8, 4) is 0 Å². The summed E-state index contributed by atoms with van der Waals surface area (Å²) in [5, 5.41) is 15.0. The molecular weight excluding hydrogens is 535 g/mol. The molecule has 2 N–H and O–H groups in total. The quantitative estimate of drug-likeness (QED) is 0.386. The molecule has 0 amide bonds. The van der Waals surface area contributed by atoms with Crippen LogP contribution in [-0.4, -0.2) is 40.0 Å². The maximum absolute atomic E-state index is 13.9. The van der Waals surface area contributed by atoms with Gasteiger partial charge >= 0.3 is 11.9 Å². The lowest BCUT2D eigenvalue weighted by atomic mass is 9.78. The highest BCUT2D eigenvalue weighted by Gasteiger charge is 2.38. The van der Waals surface area contributed by atoms with Crippen molar-refractivity contribution in [3.05, 3.63) is 80.3 Å². The summed E-state index contributed by atoms with van der Waals surface area (Å²) in [7, 11) is 1.31. The molecule has 1 aliphatic carbocycles. The number of esters is 1. The number of allylic oxidation sites excluding steroid dienone is 1. The number of aliphatic carboxylic acids is 1. The van der Waals surface area contributed by atoms with Gasteiger partial charge in [-0.2, -0.15) is 0 Å². The molecule has 3 heterocycles. The predicted octanol–water partition coefficient (Wildman–Crippen LogP) is 5.04. The average molecular weight is 559 g/mol. The summed E-state index contributed by atoms with van der Waals surface area (Å²) in [5.74, 6) is -0.978. The number of carbonyl (C=O) groups is 2. The minimum absolute atomic E-state index is 0.0361. The van der Waals surface area contributed by atoms with Gasteiger partial charge in [-0.25, -0.2) is 19.2 Å². The number of methoxy groups -OCH3 is 1. The van der Waals surface area contributed by atoms with Crippen LogP contribution in [0.15, 0.2) is 56.7 Å². The maximum atomic E-state index is 13.9. The number of aliphatic imine (C=N–C) groups is 1. The number of hydrogen-bond donors (Lipinski definition) is 2. The third-order valence-electron chi connectivity index (χ3n) is 6.76. The van der Waals surface area contributed by atoms with Crippen LogP contribution in [0.3, 0.4) is 0 Å². The number of carboxylic acids is 1. The van der Waals surface area contributed by atoms with Gasteiger partial charge in [0.05, 0.1) is 24.8 Å². The van der Waals surface area contributed by atoms with E-state index >= 15 is 0 Å². The van der Waals surface area contributed by atoms with Crippen molar-refractivity contribution < 1.29 is 28.2 Å². The highest BCUT2D eigenvalue weighted by Crippen LogP contribution is 2.43. The molecule has 0 bridgehead atoms. The van der Waals surface area contributed by atoms with E-state index in [1.165, 1.54) is 42.9 Å². The molecule has 2 aliphatic rings. The van der Waals surface area contributed by atoms with Crippen LogP contribution >= 0.6 is 22.9 Å². The fraction of sp³-hybridized carbons (Fsp3) is 0.346. The number of halogens is 2. The van der Waals surface area contributed by atoms with Crippen LogP contribution in [0.5, 0.6) is 0 Å². The number of carboxylic acid groups (broad SMARTS) is 1. The number of benzene rings is 1. The first-order chi connectivity index (χ1) is 18.3. The second-order valence-electron chi connectivity index (χ2n) is 9.12. The van der Waals surface area contributed by atoms with Crippen molar-refractivity contribution in [2.75, 3.05) is 7.11 Å². The van der Waals surface area contributed by atoms with Crippen LogP contribution in [0, 0.1) is 11.7 Å². The van der Waals surface area contributed by atoms with Crippen molar-refractivity contribution in [2.24, 2.45) is 10.9 Å². The zero-order valence-electron chi connectivity index (χ0n) is 20.3. The molecule has 0 saturated heterocycles. The van der Waals surface area contributed by atoms with E-state index in [1.54, 1.807) is 6.20 Å². The predicted molar refractivity (Wildman–Crippen MR) is 138 cm³/mol. The standard InChI is InChI=1S/C26H24ClFN4O5S/c1-36-26(35)20-21(13-2-4-14(5-3-13)24-30-16(12-37-24)11-19(33)34)31-23(25-29-8-9-38-25)32-22(20)17-7-6-15(28)10-18(17)27/h6-10,12-14,22H,2-5,11H2,1H3,(H,31,32)(H,33,34). The zero-order valence-corrected chi connectivity index (χ0v) is 21.9.